The summed E-state index contributed by atoms with van der Waals surface area (Å²) in [7, 11) is 0. The van der Waals surface area contributed by atoms with E-state index in [4.69, 9.17) is 26.3 Å². The van der Waals surface area contributed by atoms with Crippen LogP contribution in [0.4, 0.5) is 5.69 Å². The summed E-state index contributed by atoms with van der Waals surface area (Å²) in [5, 5.41) is 12.5. The summed E-state index contributed by atoms with van der Waals surface area (Å²) >= 11 is 5.96. The van der Waals surface area contributed by atoms with Crippen LogP contribution in [-0.4, -0.2) is 26.0 Å². The second-order valence-electron chi connectivity index (χ2n) is 3.86. The van der Waals surface area contributed by atoms with Crippen LogP contribution in [0.3, 0.4) is 0 Å². The maximum Gasteiger partial charge on any atom is 0.159 e. The van der Waals surface area contributed by atoms with Gasteiger partial charge in [0.25, 0.3) is 0 Å². The summed E-state index contributed by atoms with van der Waals surface area (Å²) < 4.78 is 10.9. The van der Waals surface area contributed by atoms with Crippen molar-refractivity contribution in [1.82, 2.24) is 0 Å². The predicted octanol–water partition coefficient (Wildman–Crippen LogP) is 3.41. The average Bonchev–Trinajstić information content (AvgIpc) is 2.39. The quantitative estimate of drug-likeness (QED) is 0.743. The normalized spacial score (nSPS) is 10.5. The second kappa shape index (κ2) is 8.76. The van der Waals surface area contributed by atoms with Gasteiger partial charge < -0.3 is 14.8 Å². The van der Waals surface area contributed by atoms with Crippen LogP contribution in [0, 0.1) is 11.3 Å². The van der Waals surface area contributed by atoms with Gasteiger partial charge in [0.1, 0.15) is 6.07 Å². The minimum Gasteiger partial charge on any atom is -0.385 e. The molecule has 5 heteroatoms. The SMILES string of the molecule is CCOC(CCNc1ccc(C#N)c(Cl)c1)OCC. The Kier molecular flexibility index (Phi) is 7.27. The number of nitrogens with zero attached hydrogens (tertiary/aromatic N) is 1. The van der Waals surface area contributed by atoms with Gasteiger partial charge in [0.15, 0.2) is 6.29 Å². The molecule has 1 aromatic rings. The third-order valence-electron chi connectivity index (χ3n) is 2.50. The first-order chi connectivity index (χ1) is 9.21. The summed E-state index contributed by atoms with van der Waals surface area (Å²) in [6, 6.07) is 7.31. The van der Waals surface area contributed by atoms with Crippen LogP contribution in [0.25, 0.3) is 0 Å². The van der Waals surface area contributed by atoms with Crippen molar-refractivity contribution in [3.8, 4) is 6.07 Å². The van der Waals surface area contributed by atoms with E-state index < -0.39 is 0 Å². The molecule has 0 saturated heterocycles. The molecule has 0 saturated carbocycles. The molecule has 0 aromatic heterocycles. The molecule has 0 unspecified atom stereocenters. The Hall–Kier alpha value is -1.28. The number of anilines is 1. The van der Waals surface area contributed by atoms with Gasteiger partial charge in [-0.3, -0.25) is 0 Å². The Morgan fingerprint density at radius 2 is 2.00 bits per heavy atom. The molecule has 19 heavy (non-hydrogen) atoms. The second-order valence-corrected chi connectivity index (χ2v) is 4.27. The molecule has 0 heterocycles. The molecule has 0 amide bonds. The summed E-state index contributed by atoms with van der Waals surface area (Å²) in [6.45, 7) is 5.87. The lowest BCUT2D eigenvalue weighted by Crippen LogP contribution is -2.21. The lowest BCUT2D eigenvalue weighted by atomic mass is 10.2. The summed E-state index contributed by atoms with van der Waals surface area (Å²) in [4.78, 5) is 0. The topological polar surface area (TPSA) is 54.3 Å². The van der Waals surface area contributed by atoms with E-state index in [9.17, 15) is 0 Å². The Balaban J connectivity index is 2.44. The van der Waals surface area contributed by atoms with Crippen LogP contribution in [0.1, 0.15) is 25.8 Å². The molecule has 1 rings (SSSR count). The molecule has 1 N–H and O–H groups in total. The molecular formula is C14H19ClN2O2. The molecule has 104 valence electrons. The van der Waals surface area contributed by atoms with Crippen LogP contribution >= 0.6 is 11.6 Å². The van der Waals surface area contributed by atoms with Gasteiger partial charge in [-0.25, -0.2) is 0 Å². The highest BCUT2D eigenvalue weighted by Crippen LogP contribution is 2.20. The fourth-order valence-corrected chi connectivity index (χ4v) is 1.86. The Bertz CT molecular complexity index is 426. The molecule has 0 aliphatic carbocycles. The third-order valence-corrected chi connectivity index (χ3v) is 2.82. The van der Waals surface area contributed by atoms with E-state index in [1.165, 1.54) is 0 Å². The van der Waals surface area contributed by atoms with Crippen LogP contribution in [0.15, 0.2) is 18.2 Å². The highest BCUT2D eigenvalue weighted by Gasteiger charge is 2.07. The van der Waals surface area contributed by atoms with Crippen molar-refractivity contribution in [2.75, 3.05) is 25.1 Å². The summed E-state index contributed by atoms with van der Waals surface area (Å²) in [5.41, 5.74) is 1.37. The molecule has 0 bridgehead atoms. The summed E-state index contributed by atoms with van der Waals surface area (Å²) in [5.74, 6) is 0. The molecule has 0 spiro atoms. The van der Waals surface area contributed by atoms with Crippen molar-refractivity contribution in [3.63, 3.8) is 0 Å². The fraction of sp³-hybridized carbons (Fsp3) is 0.500. The fourth-order valence-electron chi connectivity index (χ4n) is 1.64. The molecule has 0 fully saturated rings. The number of nitriles is 1. The van der Waals surface area contributed by atoms with Gasteiger partial charge in [-0.2, -0.15) is 5.26 Å². The van der Waals surface area contributed by atoms with Gasteiger partial charge in [-0.05, 0) is 32.0 Å². The van der Waals surface area contributed by atoms with E-state index >= 15 is 0 Å². The molecule has 0 aliphatic rings. The molecule has 4 nitrogen and oxygen atoms in total. The highest BCUT2D eigenvalue weighted by atomic mass is 35.5. The van der Waals surface area contributed by atoms with Crippen LogP contribution in [-0.2, 0) is 9.47 Å². The van der Waals surface area contributed by atoms with Gasteiger partial charge in [0.05, 0.1) is 10.6 Å². The average molecular weight is 283 g/mol. The van der Waals surface area contributed by atoms with Crippen molar-refractivity contribution < 1.29 is 9.47 Å². The Morgan fingerprint density at radius 3 is 2.53 bits per heavy atom. The number of ether oxygens (including phenoxy) is 2. The number of nitrogens with one attached hydrogen (secondary N) is 1. The largest absolute Gasteiger partial charge is 0.385 e. The number of hydrogen-bond acceptors (Lipinski definition) is 4. The van der Waals surface area contributed by atoms with E-state index in [-0.39, 0.29) is 6.29 Å². The maximum atomic E-state index is 8.79. The highest BCUT2D eigenvalue weighted by molar-refractivity contribution is 6.32. The third kappa shape index (κ3) is 5.48. The monoisotopic (exact) mass is 282 g/mol. The Morgan fingerprint density at radius 1 is 1.32 bits per heavy atom. The van der Waals surface area contributed by atoms with Crippen molar-refractivity contribution in [2.24, 2.45) is 0 Å². The van der Waals surface area contributed by atoms with Gasteiger partial charge in [-0.1, -0.05) is 11.6 Å². The van der Waals surface area contributed by atoms with E-state index in [0.29, 0.717) is 30.3 Å². The summed E-state index contributed by atoms with van der Waals surface area (Å²) in [6.07, 6.45) is 0.565. The van der Waals surface area contributed by atoms with Crippen LogP contribution < -0.4 is 5.32 Å². The molecular weight excluding hydrogens is 264 g/mol. The van der Waals surface area contributed by atoms with E-state index in [1.807, 2.05) is 26.0 Å². The standard InChI is InChI=1S/C14H19ClN2O2/c1-3-18-14(19-4-2)7-8-17-12-6-5-11(10-16)13(15)9-12/h5-6,9,14,17H,3-4,7-8H2,1-2H3. The molecule has 1 aromatic carbocycles. The van der Waals surface area contributed by atoms with Crippen molar-refractivity contribution >= 4 is 17.3 Å². The number of halogens is 1. The lowest BCUT2D eigenvalue weighted by Gasteiger charge is -2.17. The first-order valence-corrected chi connectivity index (χ1v) is 6.75. The van der Waals surface area contributed by atoms with Gasteiger partial charge in [0, 0.05) is 31.9 Å². The van der Waals surface area contributed by atoms with Crippen molar-refractivity contribution in [3.05, 3.63) is 28.8 Å². The van der Waals surface area contributed by atoms with Gasteiger partial charge in [-0.15, -0.1) is 0 Å². The minimum atomic E-state index is -0.184. The zero-order valence-corrected chi connectivity index (χ0v) is 12.0. The lowest BCUT2D eigenvalue weighted by molar-refractivity contribution is -0.137. The maximum absolute atomic E-state index is 8.79. The first kappa shape index (κ1) is 15.8. The molecule has 0 radical (unpaired) electrons. The number of rotatable bonds is 8. The zero-order valence-electron chi connectivity index (χ0n) is 11.3. The smallest absolute Gasteiger partial charge is 0.159 e. The van der Waals surface area contributed by atoms with Gasteiger partial charge >= 0.3 is 0 Å². The number of benzene rings is 1. The predicted molar refractivity (Wildman–Crippen MR) is 76.3 cm³/mol. The first-order valence-electron chi connectivity index (χ1n) is 6.38. The van der Waals surface area contributed by atoms with Crippen molar-refractivity contribution in [1.29, 1.82) is 5.26 Å². The minimum absolute atomic E-state index is 0.184. The zero-order chi connectivity index (χ0) is 14.1. The molecule has 0 aliphatic heterocycles. The Labute approximate surface area is 119 Å². The van der Waals surface area contributed by atoms with E-state index in [0.717, 1.165) is 12.1 Å². The number of hydrogen-bond donors (Lipinski definition) is 1. The van der Waals surface area contributed by atoms with Crippen molar-refractivity contribution in [2.45, 2.75) is 26.6 Å². The van der Waals surface area contributed by atoms with Crippen LogP contribution in [0.2, 0.25) is 5.02 Å². The van der Waals surface area contributed by atoms with Gasteiger partial charge in [0.2, 0.25) is 0 Å². The molecule has 0 atom stereocenters. The van der Waals surface area contributed by atoms with E-state index in [2.05, 4.69) is 5.32 Å². The van der Waals surface area contributed by atoms with Crippen LogP contribution in [0.5, 0.6) is 0 Å². The van der Waals surface area contributed by atoms with E-state index in [1.54, 1.807) is 12.1 Å².